The molecule has 0 atom stereocenters. The zero-order chi connectivity index (χ0) is 12.4. The van der Waals surface area contributed by atoms with E-state index in [2.05, 4.69) is 4.98 Å². The Bertz CT molecular complexity index is 539. The summed E-state index contributed by atoms with van der Waals surface area (Å²) in [4.78, 5) is 5.59. The van der Waals surface area contributed by atoms with Gasteiger partial charge in [0.2, 0.25) is 0 Å². The summed E-state index contributed by atoms with van der Waals surface area (Å²) in [5.74, 6) is 0.669. The van der Waals surface area contributed by atoms with E-state index in [4.69, 9.17) is 22.1 Å². The van der Waals surface area contributed by atoms with Gasteiger partial charge in [0, 0.05) is 17.0 Å². The molecule has 3 nitrogen and oxygen atoms in total. The van der Waals surface area contributed by atoms with Gasteiger partial charge in [-0.3, -0.25) is 0 Å². The molecule has 0 saturated carbocycles. The topological polar surface area (TPSA) is 48.1 Å². The summed E-state index contributed by atoms with van der Waals surface area (Å²) in [6.45, 7) is 2.49. The van der Waals surface area contributed by atoms with Crippen LogP contribution in [-0.2, 0) is 6.54 Å². The molecule has 2 rings (SSSR count). The molecule has 0 aliphatic carbocycles. The lowest BCUT2D eigenvalue weighted by atomic mass is 10.2. The van der Waals surface area contributed by atoms with Crippen molar-refractivity contribution in [3.63, 3.8) is 0 Å². The van der Waals surface area contributed by atoms with E-state index in [-0.39, 0.29) is 0 Å². The van der Waals surface area contributed by atoms with Gasteiger partial charge in [-0.2, -0.15) is 0 Å². The minimum Gasteiger partial charge on any atom is -0.495 e. The third kappa shape index (κ3) is 2.44. The average molecular weight is 269 g/mol. The molecule has 90 valence electrons. The van der Waals surface area contributed by atoms with E-state index in [9.17, 15) is 0 Å². The lowest BCUT2D eigenvalue weighted by Crippen LogP contribution is -1.94. The molecule has 0 saturated heterocycles. The van der Waals surface area contributed by atoms with Gasteiger partial charge >= 0.3 is 0 Å². The summed E-state index contributed by atoms with van der Waals surface area (Å²) in [5, 5.41) is 1.53. The molecule has 2 aromatic rings. The van der Waals surface area contributed by atoms with Crippen molar-refractivity contribution in [3.05, 3.63) is 33.8 Å². The summed E-state index contributed by atoms with van der Waals surface area (Å²) in [6, 6.07) is 5.65. The molecule has 0 radical (unpaired) electrons. The molecule has 1 aromatic heterocycles. The Labute approximate surface area is 109 Å². The molecule has 0 fully saturated rings. The van der Waals surface area contributed by atoms with Crippen LogP contribution < -0.4 is 10.5 Å². The van der Waals surface area contributed by atoms with Gasteiger partial charge in [-0.25, -0.2) is 4.98 Å². The van der Waals surface area contributed by atoms with Gasteiger partial charge in [0.25, 0.3) is 0 Å². The van der Waals surface area contributed by atoms with Crippen LogP contribution >= 0.6 is 22.9 Å². The smallest absolute Gasteiger partial charge is 0.137 e. The molecule has 1 heterocycles. The van der Waals surface area contributed by atoms with Crippen molar-refractivity contribution >= 4 is 22.9 Å². The zero-order valence-electron chi connectivity index (χ0n) is 9.66. The number of hydrogen-bond donors (Lipinski definition) is 1. The van der Waals surface area contributed by atoms with E-state index in [1.54, 1.807) is 18.4 Å². The van der Waals surface area contributed by atoms with Crippen LogP contribution in [0, 0.1) is 6.92 Å². The van der Waals surface area contributed by atoms with Crippen molar-refractivity contribution < 1.29 is 4.74 Å². The van der Waals surface area contributed by atoms with Gasteiger partial charge in [0.1, 0.15) is 10.8 Å². The maximum Gasteiger partial charge on any atom is 0.137 e. The number of halogens is 1. The first kappa shape index (κ1) is 12.4. The fourth-order valence-electron chi connectivity index (χ4n) is 1.54. The van der Waals surface area contributed by atoms with Crippen LogP contribution in [0.3, 0.4) is 0 Å². The van der Waals surface area contributed by atoms with Crippen molar-refractivity contribution in [2.24, 2.45) is 5.73 Å². The van der Waals surface area contributed by atoms with Crippen LogP contribution in [0.1, 0.15) is 10.6 Å². The summed E-state index contributed by atoms with van der Waals surface area (Å²) in [6.07, 6.45) is 0. The van der Waals surface area contributed by atoms with Crippen molar-refractivity contribution in [3.8, 4) is 16.3 Å². The molecule has 17 heavy (non-hydrogen) atoms. The molecule has 1 aromatic carbocycles. The quantitative estimate of drug-likeness (QED) is 0.930. The SMILES string of the molecule is COc1ccc(-c2nc(C)c(CN)s2)cc1Cl. The van der Waals surface area contributed by atoms with Crippen molar-refractivity contribution in [2.45, 2.75) is 13.5 Å². The van der Waals surface area contributed by atoms with Gasteiger partial charge < -0.3 is 10.5 Å². The number of methoxy groups -OCH3 is 1. The zero-order valence-corrected chi connectivity index (χ0v) is 11.2. The normalized spacial score (nSPS) is 10.6. The maximum atomic E-state index is 6.09. The Morgan fingerprint density at radius 2 is 2.24 bits per heavy atom. The fourth-order valence-corrected chi connectivity index (χ4v) is 2.74. The van der Waals surface area contributed by atoms with Gasteiger partial charge in [-0.15, -0.1) is 11.3 Å². The van der Waals surface area contributed by atoms with Crippen LogP contribution in [0.25, 0.3) is 10.6 Å². The monoisotopic (exact) mass is 268 g/mol. The number of aromatic nitrogens is 1. The standard InChI is InChI=1S/C12H13ClN2OS/c1-7-11(6-14)17-12(15-7)8-3-4-10(16-2)9(13)5-8/h3-5H,6,14H2,1-2H3. The molecular weight excluding hydrogens is 256 g/mol. The van der Waals surface area contributed by atoms with Crippen molar-refractivity contribution in [1.29, 1.82) is 0 Å². The van der Waals surface area contributed by atoms with E-state index in [0.29, 0.717) is 17.3 Å². The fraction of sp³-hybridized carbons (Fsp3) is 0.250. The molecule has 0 unspecified atom stereocenters. The van der Waals surface area contributed by atoms with E-state index in [1.165, 1.54) is 0 Å². The van der Waals surface area contributed by atoms with Gasteiger partial charge in [0.05, 0.1) is 17.8 Å². The summed E-state index contributed by atoms with van der Waals surface area (Å²) >= 11 is 7.69. The lowest BCUT2D eigenvalue weighted by Gasteiger charge is -2.03. The summed E-state index contributed by atoms with van der Waals surface area (Å²) in [7, 11) is 1.60. The molecular formula is C12H13ClN2OS. The van der Waals surface area contributed by atoms with Gasteiger partial charge in [0.15, 0.2) is 0 Å². The van der Waals surface area contributed by atoms with Crippen LogP contribution in [0.15, 0.2) is 18.2 Å². The van der Waals surface area contributed by atoms with E-state index >= 15 is 0 Å². The number of benzene rings is 1. The van der Waals surface area contributed by atoms with Gasteiger partial charge in [-0.05, 0) is 25.1 Å². The minimum absolute atomic E-state index is 0.521. The number of rotatable bonds is 3. The first-order valence-corrected chi connectivity index (χ1v) is 6.35. The Morgan fingerprint density at radius 3 is 2.76 bits per heavy atom. The average Bonchev–Trinajstić information content (AvgIpc) is 2.70. The van der Waals surface area contributed by atoms with E-state index in [1.807, 2.05) is 25.1 Å². The lowest BCUT2D eigenvalue weighted by molar-refractivity contribution is 0.415. The first-order chi connectivity index (χ1) is 8.15. The summed E-state index contributed by atoms with van der Waals surface area (Å²) in [5.41, 5.74) is 7.62. The minimum atomic E-state index is 0.521. The van der Waals surface area contributed by atoms with Crippen LogP contribution in [0.5, 0.6) is 5.75 Å². The maximum absolute atomic E-state index is 6.09. The molecule has 5 heteroatoms. The molecule has 0 bridgehead atoms. The largest absolute Gasteiger partial charge is 0.495 e. The summed E-state index contributed by atoms with van der Waals surface area (Å²) < 4.78 is 5.12. The number of hydrogen-bond acceptors (Lipinski definition) is 4. The molecule has 0 amide bonds. The van der Waals surface area contributed by atoms with Crippen molar-refractivity contribution in [1.82, 2.24) is 4.98 Å². The highest BCUT2D eigenvalue weighted by molar-refractivity contribution is 7.15. The van der Waals surface area contributed by atoms with Gasteiger partial charge in [-0.1, -0.05) is 11.6 Å². The Kier molecular flexibility index (Phi) is 3.66. The Morgan fingerprint density at radius 1 is 1.47 bits per heavy atom. The van der Waals surface area contributed by atoms with Crippen LogP contribution in [-0.4, -0.2) is 12.1 Å². The highest BCUT2D eigenvalue weighted by Gasteiger charge is 2.10. The Hall–Kier alpha value is -1.10. The third-order valence-electron chi connectivity index (χ3n) is 2.48. The number of nitrogens with two attached hydrogens (primary N) is 1. The van der Waals surface area contributed by atoms with E-state index < -0.39 is 0 Å². The highest BCUT2D eigenvalue weighted by Crippen LogP contribution is 2.33. The number of ether oxygens (including phenoxy) is 1. The Balaban J connectivity index is 2.42. The number of thiazole rings is 1. The van der Waals surface area contributed by atoms with Crippen LogP contribution in [0.2, 0.25) is 5.02 Å². The number of nitrogens with zero attached hydrogens (tertiary/aromatic N) is 1. The van der Waals surface area contributed by atoms with E-state index in [0.717, 1.165) is 21.1 Å². The predicted octanol–water partition coefficient (Wildman–Crippen LogP) is 3.24. The molecule has 0 aliphatic heterocycles. The molecule has 2 N–H and O–H groups in total. The predicted molar refractivity (Wildman–Crippen MR) is 71.7 cm³/mol. The molecule has 0 spiro atoms. The number of aryl methyl sites for hydroxylation is 1. The second-order valence-electron chi connectivity index (χ2n) is 3.58. The first-order valence-electron chi connectivity index (χ1n) is 5.16. The molecule has 0 aliphatic rings. The van der Waals surface area contributed by atoms with Crippen LogP contribution in [0.4, 0.5) is 0 Å². The second-order valence-corrected chi connectivity index (χ2v) is 5.07. The second kappa shape index (κ2) is 5.04. The third-order valence-corrected chi connectivity index (χ3v) is 4.00. The van der Waals surface area contributed by atoms with Crippen molar-refractivity contribution in [2.75, 3.05) is 7.11 Å². The highest BCUT2D eigenvalue weighted by atomic mass is 35.5.